The van der Waals surface area contributed by atoms with Crippen molar-refractivity contribution in [2.75, 3.05) is 24.6 Å². The number of amides is 2. The lowest BCUT2D eigenvalue weighted by atomic mass is 10.1. The van der Waals surface area contributed by atoms with Gasteiger partial charge in [0.15, 0.2) is 0 Å². The number of aryl methyl sites for hydroxylation is 1. The van der Waals surface area contributed by atoms with Crippen LogP contribution in [0.5, 0.6) is 0 Å². The fraction of sp³-hybridized carbons (Fsp3) is 0.417. The smallest absolute Gasteiger partial charge is 0.322 e. The number of rotatable bonds is 4. The molecule has 0 aliphatic carbocycles. The van der Waals surface area contributed by atoms with Crippen LogP contribution in [0.2, 0.25) is 0 Å². The zero-order valence-electron chi connectivity index (χ0n) is 9.15. The number of nitrogens with zero attached hydrogens (tertiary/aromatic N) is 1. The molecule has 0 spiro atoms. The molecule has 0 radical (unpaired) electrons. The van der Waals surface area contributed by atoms with Gasteiger partial charge in [0.05, 0.1) is 0 Å². The van der Waals surface area contributed by atoms with Crippen LogP contribution in [-0.2, 0) is 6.42 Å². The molecular weight excluding hydrogens is 204 g/mol. The molecule has 1 aliphatic rings. The second-order valence-corrected chi connectivity index (χ2v) is 3.84. The molecule has 1 aromatic carbocycles. The van der Waals surface area contributed by atoms with E-state index >= 15 is 0 Å². The van der Waals surface area contributed by atoms with Gasteiger partial charge in [-0.2, -0.15) is 0 Å². The number of carbonyl (C=O) groups is 1. The van der Waals surface area contributed by atoms with Gasteiger partial charge in [-0.1, -0.05) is 18.2 Å². The van der Waals surface area contributed by atoms with E-state index < -0.39 is 0 Å². The molecule has 2 amide bonds. The molecular formula is C12H16N2O2. The number of para-hydroxylation sites is 1. The average Bonchev–Trinajstić information content (AvgIpc) is 2.73. The van der Waals surface area contributed by atoms with Crippen molar-refractivity contribution in [3.8, 4) is 0 Å². The number of aliphatic hydroxyl groups excluding tert-OH is 1. The van der Waals surface area contributed by atoms with Crippen LogP contribution in [0.1, 0.15) is 12.0 Å². The summed E-state index contributed by atoms with van der Waals surface area (Å²) in [6.07, 6.45) is 1.53. The first-order chi connectivity index (χ1) is 7.83. The number of carbonyl (C=O) groups excluding carboxylic acids is 1. The van der Waals surface area contributed by atoms with Crippen LogP contribution in [0, 0.1) is 0 Å². The Balaban J connectivity index is 2.21. The molecule has 2 N–H and O–H groups in total. The summed E-state index contributed by atoms with van der Waals surface area (Å²) in [5, 5.41) is 11.6. The summed E-state index contributed by atoms with van der Waals surface area (Å²) in [5.74, 6) is 0. The molecule has 0 bridgehead atoms. The number of aliphatic hydroxyl groups is 1. The summed E-state index contributed by atoms with van der Waals surface area (Å²) >= 11 is 0. The summed E-state index contributed by atoms with van der Waals surface area (Å²) in [5.41, 5.74) is 2.08. The van der Waals surface area contributed by atoms with Crippen LogP contribution < -0.4 is 10.2 Å². The quantitative estimate of drug-likeness (QED) is 0.799. The molecule has 0 atom stereocenters. The molecule has 1 aromatic rings. The van der Waals surface area contributed by atoms with Gasteiger partial charge < -0.3 is 10.4 Å². The molecule has 0 unspecified atom stereocenters. The third kappa shape index (κ3) is 2.17. The third-order valence-corrected chi connectivity index (χ3v) is 2.74. The van der Waals surface area contributed by atoms with Crippen molar-refractivity contribution < 1.29 is 9.90 Å². The van der Waals surface area contributed by atoms with E-state index in [2.05, 4.69) is 5.32 Å². The highest BCUT2D eigenvalue weighted by Gasteiger charge is 2.22. The van der Waals surface area contributed by atoms with E-state index in [1.807, 2.05) is 24.3 Å². The van der Waals surface area contributed by atoms with E-state index in [4.69, 9.17) is 5.11 Å². The van der Waals surface area contributed by atoms with Crippen molar-refractivity contribution in [3.05, 3.63) is 29.8 Å². The highest BCUT2D eigenvalue weighted by Crippen LogP contribution is 2.23. The minimum absolute atomic E-state index is 0.0311. The largest absolute Gasteiger partial charge is 0.396 e. The number of urea groups is 1. The summed E-state index contributed by atoms with van der Waals surface area (Å²) in [7, 11) is 0. The van der Waals surface area contributed by atoms with Gasteiger partial charge in [-0.25, -0.2) is 4.79 Å². The Hall–Kier alpha value is -1.55. The van der Waals surface area contributed by atoms with E-state index in [1.165, 1.54) is 0 Å². The number of nitrogens with one attached hydrogen (secondary N) is 1. The fourth-order valence-electron chi connectivity index (χ4n) is 1.96. The van der Waals surface area contributed by atoms with Crippen LogP contribution >= 0.6 is 0 Å². The van der Waals surface area contributed by atoms with E-state index in [0.717, 1.165) is 30.6 Å². The van der Waals surface area contributed by atoms with E-state index in [9.17, 15) is 4.79 Å². The van der Waals surface area contributed by atoms with Crippen molar-refractivity contribution >= 4 is 11.7 Å². The Bertz CT molecular complexity index is 379. The van der Waals surface area contributed by atoms with Crippen molar-refractivity contribution in [1.29, 1.82) is 0 Å². The van der Waals surface area contributed by atoms with E-state index in [1.54, 1.807) is 4.90 Å². The van der Waals surface area contributed by atoms with Crippen LogP contribution in [0.15, 0.2) is 24.3 Å². The standard InChI is InChI=1S/C12H16N2O2/c15-9-3-5-10-4-1-2-6-11(10)14-8-7-13-12(14)16/h1-2,4,6,15H,3,5,7-9H2,(H,13,16). The lowest BCUT2D eigenvalue weighted by Crippen LogP contribution is -2.28. The fourth-order valence-corrected chi connectivity index (χ4v) is 1.96. The highest BCUT2D eigenvalue weighted by molar-refractivity contribution is 5.94. The monoisotopic (exact) mass is 220 g/mol. The van der Waals surface area contributed by atoms with Crippen molar-refractivity contribution in [2.45, 2.75) is 12.8 Å². The normalized spacial score (nSPS) is 15.3. The zero-order chi connectivity index (χ0) is 11.4. The first-order valence-electron chi connectivity index (χ1n) is 5.57. The van der Waals surface area contributed by atoms with Gasteiger partial charge >= 0.3 is 6.03 Å². The van der Waals surface area contributed by atoms with Crippen LogP contribution in [0.3, 0.4) is 0 Å². The molecule has 2 rings (SSSR count). The summed E-state index contributed by atoms with van der Waals surface area (Å²) < 4.78 is 0. The van der Waals surface area contributed by atoms with Crippen molar-refractivity contribution in [1.82, 2.24) is 5.32 Å². The molecule has 1 heterocycles. The van der Waals surface area contributed by atoms with Crippen LogP contribution in [0.4, 0.5) is 10.5 Å². The second kappa shape index (κ2) is 4.99. The SMILES string of the molecule is O=C1NCCN1c1ccccc1CCCO. The van der Waals surface area contributed by atoms with Gasteiger partial charge in [0.2, 0.25) is 0 Å². The summed E-state index contributed by atoms with van der Waals surface area (Å²) in [6, 6.07) is 7.83. The maximum atomic E-state index is 11.6. The van der Waals surface area contributed by atoms with Gasteiger partial charge in [0.1, 0.15) is 0 Å². The van der Waals surface area contributed by atoms with Crippen LogP contribution in [0.25, 0.3) is 0 Å². The zero-order valence-corrected chi connectivity index (χ0v) is 9.15. The molecule has 0 aromatic heterocycles. The summed E-state index contributed by atoms with van der Waals surface area (Å²) in [6.45, 7) is 1.60. The second-order valence-electron chi connectivity index (χ2n) is 3.84. The van der Waals surface area contributed by atoms with Crippen molar-refractivity contribution in [3.63, 3.8) is 0 Å². The highest BCUT2D eigenvalue weighted by atomic mass is 16.2. The predicted octanol–water partition coefficient (Wildman–Crippen LogP) is 1.14. The maximum Gasteiger partial charge on any atom is 0.322 e. The van der Waals surface area contributed by atoms with Gasteiger partial charge in [0.25, 0.3) is 0 Å². The Morgan fingerprint density at radius 1 is 1.38 bits per heavy atom. The van der Waals surface area contributed by atoms with Gasteiger partial charge in [-0.15, -0.1) is 0 Å². The van der Waals surface area contributed by atoms with Gasteiger partial charge in [-0.3, -0.25) is 4.90 Å². The molecule has 4 nitrogen and oxygen atoms in total. The molecule has 1 saturated heterocycles. The lowest BCUT2D eigenvalue weighted by molar-refractivity contribution is 0.252. The Kier molecular flexibility index (Phi) is 3.41. The average molecular weight is 220 g/mol. The number of benzene rings is 1. The topological polar surface area (TPSA) is 52.6 Å². The molecule has 0 saturated carbocycles. The van der Waals surface area contributed by atoms with E-state index in [0.29, 0.717) is 6.54 Å². The first-order valence-corrected chi connectivity index (χ1v) is 5.57. The molecule has 16 heavy (non-hydrogen) atoms. The van der Waals surface area contributed by atoms with Crippen LogP contribution in [-0.4, -0.2) is 30.8 Å². The predicted molar refractivity (Wildman–Crippen MR) is 62.6 cm³/mol. The van der Waals surface area contributed by atoms with Gasteiger partial charge in [0, 0.05) is 25.4 Å². The van der Waals surface area contributed by atoms with Gasteiger partial charge in [-0.05, 0) is 24.5 Å². The third-order valence-electron chi connectivity index (χ3n) is 2.74. The Morgan fingerprint density at radius 2 is 2.19 bits per heavy atom. The summed E-state index contributed by atoms with van der Waals surface area (Å²) in [4.78, 5) is 13.3. The Labute approximate surface area is 94.9 Å². The molecule has 1 aliphatic heterocycles. The maximum absolute atomic E-state index is 11.6. The van der Waals surface area contributed by atoms with Crippen molar-refractivity contribution in [2.24, 2.45) is 0 Å². The lowest BCUT2D eigenvalue weighted by Gasteiger charge is -2.18. The number of anilines is 1. The minimum atomic E-state index is -0.0311. The Morgan fingerprint density at radius 3 is 2.88 bits per heavy atom. The molecule has 1 fully saturated rings. The first kappa shape index (κ1) is 11.0. The van der Waals surface area contributed by atoms with E-state index in [-0.39, 0.29) is 12.6 Å². The number of hydrogen-bond donors (Lipinski definition) is 2. The number of hydrogen-bond acceptors (Lipinski definition) is 2. The molecule has 4 heteroatoms. The molecule has 86 valence electrons. The minimum Gasteiger partial charge on any atom is -0.396 e.